The summed E-state index contributed by atoms with van der Waals surface area (Å²) in [5.74, 6) is 0.205. The zero-order valence-electron chi connectivity index (χ0n) is 16.8. The molecule has 0 aliphatic rings. The Labute approximate surface area is 168 Å². The van der Waals surface area contributed by atoms with E-state index in [2.05, 4.69) is 15.3 Å². The molecule has 0 atom stereocenters. The van der Waals surface area contributed by atoms with E-state index in [0.29, 0.717) is 35.9 Å². The Hall–Kier alpha value is -2.68. The first-order valence-corrected chi connectivity index (χ1v) is 9.88. The van der Waals surface area contributed by atoms with E-state index >= 15 is 0 Å². The van der Waals surface area contributed by atoms with Crippen molar-refractivity contribution < 1.29 is 18.7 Å². The van der Waals surface area contributed by atoms with E-state index in [-0.39, 0.29) is 5.76 Å². The number of ether oxygens (including phenoxy) is 1. The van der Waals surface area contributed by atoms with Gasteiger partial charge in [-0.3, -0.25) is 4.79 Å². The van der Waals surface area contributed by atoms with Crippen molar-refractivity contribution in [2.75, 3.05) is 6.54 Å². The van der Waals surface area contributed by atoms with Gasteiger partial charge in [-0.15, -0.1) is 11.3 Å². The van der Waals surface area contributed by atoms with Gasteiger partial charge in [0.1, 0.15) is 5.60 Å². The number of rotatable bonds is 6. The van der Waals surface area contributed by atoms with E-state index in [0.717, 1.165) is 0 Å². The van der Waals surface area contributed by atoms with Crippen LogP contribution in [0.5, 0.6) is 0 Å². The third-order valence-corrected chi connectivity index (χ3v) is 4.22. The van der Waals surface area contributed by atoms with Gasteiger partial charge in [-0.05, 0) is 27.2 Å². The quantitative estimate of drug-likeness (QED) is 0.743. The van der Waals surface area contributed by atoms with E-state index in [1.54, 1.807) is 6.92 Å². The van der Waals surface area contributed by atoms with E-state index in [1.807, 2.05) is 56.0 Å². The molecule has 9 heteroatoms. The van der Waals surface area contributed by atoms with Crippen LogP contribution in [0.4, 0.5) is 4.79 Å². The minimum Gasteiger partial charge on any atom is -0.444 e. The number of hydrogen-bond acceptors (Lipinski definition) is 6. The summed E-state index contributed by atoms with van der Waals surface area (Å²) in [5, 5.41) is 4.50. The average Bonchev–Trinajstić information content (AvgIpc) is 3.19. The fourth-order valence-corrected chi connectivity index (χ4v) is 3.00. The average molecular weight is 407 g/mol. The molecule has 152 valence electrons. The summed E-state index contributed by atoms with van der Waals surface area (Å²) in [7, 11) is 0. The summed E-state index contributed by atoms with van der Waals surface area (Å²) in [6, 6.07) is 0. The predicted molar refractivity (Wildman–Crippen MR) is 106 cm³/mol. The van der Waals surface area contributed by atoms with Gasteiger partial charge in [-0.25, -0.2) is 9.78 Å². The summed E-state index contributed by atoms with van der Waals surface area (Å²) >= 11 is 1.36. The second-order valence-corrected chi connectivity index (χ2v) is 7.84. The number of carbonyl (C=O) groups is 2. The normalized spacial score (nSPS) is 12.5. The number of nitrogens with zero attached hydrogens (tertiary/aromatic N) is 3. The van der Waals surface area contributed by atoms with Crippen molar-refractivity contribution in [2.24, 2.45) is 4.99 Å². The van der Waals surface area contributed by atoms with Crippen molar-refractivity contribution in [2.45, 2.75) is 53.2 Å². The van der Waals surface area contributed by atoms with Crippen molar-refractivity contribution in [3.8, 4) is 0 Å². The van der Waals surface area contributed by atoms with Gasteiger partial charge in [0.2, 0.25) is 5.76 Å². The largest absolute Gasteiger partial charge is 0.444 e. The van der Waals surface area contributed by atoms with Gasteiger partial charge in [-0.1, -0.05) is 19.1 Å². The van der Waals surface area contributed by atoms with Gasteiger partial charge in [0.25, 0.3) is 0 Å². The summed E-state index contributed by atoms with van der Waals surface area (Å²) in [5.41, 5.74) is 0.0886. The number of allylic oxidation sites excluding steroid dienone is 1. The zero-order chi connectivity index (χ0) is 20.7. The molecule has 28 heavy (non-hydrogen) atoms. The molecular weight excluding hydrogens is 380 g/mol. The molecule has 0 unspecified atom stereocenters. The minimum absolute atomic E-state index is 0.192. The Bertz CT molecular complexity index is 915. The van der Waals surface area contributed by atoms with Crippen molar-refractivity contribution in [1.82, 2.24) is 14.9 Å². The van der Waals surface area contributed by atoms with Crippen molar-refractivity contribution >= 4 is 23.3 Å². The highest BCUT2D eigenvalue weighted by atomic mass is 32.1. The maximum absolute atomic E-state index is 12.4. The van der Waals surface area contributed by atoms with Crippen molar-refractivity contribution in [1.29, 1.82) is 0 Å². The number of amides is 2. The third kappa shape index (κ3) is 6.49. The molecule has 2 heterocycles. The Kier molecular flexibility index (Phi) is 7.33. The molecule has 1 N–H and O–H groups in total. The first-order valence-electron chi connectivity index (χ1n) is 9.00. The molecule has 2 aromatic heterocycles. The molecule has 2 amide bonds. The molecule has 2 aromatic rings. The highest BCUT2D eigenvalue weighted by molar-refractivity contribution is 7.07. The Morgan fingerprint density at radius 3 is 2.82 bits per heavy atom. The summed E-state index contributed by atoms with van der Waals surface area (Å²) in [6.07, 6.45) is 5.68. The lowest BCUT2D eigenvalue weighted by Crippen LogP contribution is -2.32. The van der Waals surface area contributed by atoms with Gasteiger partial charge in [0.05, 0.1) is 5.69 Å². The van der Waals surface area contributed by atoms with E-state index in [9.17, 15) is 9.59 Å². The van der Waals surface area contributed by atoms with Crippen molar-refractivity contribution in [3.63, 3.8) is 0 Å². The van der Waals surface area contributed by atoms with Crippen LogP contribution in [-0.2, 0) is 17.7 Å². The minimum atomic E-state index is -0.525. The fourth-order valence-electron chi connectivity index (χ4n) is 2.27. The Morgan fingerprint density at radius 1 is 1.39 bits per heavy atom. The van der Waals surface area contributed by atoms with Crippen molar-refractivity contribution in [3.05, 3.63) is 45.9 Å². The molecule has 0 aliphatic carbocycles. The lowest BCUT2D eigenvalue weighted by atomic mass is 10.2. The monoisotopic (exact) mass is 406 g/mol. The number of oxazole rings is 1. The number of aryl methyl sites for hydroxylation is 2. The molecule has 0 fully saturated rings. The number of alkyl carbamates (subject to hydrolysis) is 1. The smallest absolute Gasteiger partial charge is 0.407 e. The van der Waals surface area contributed by atoms with Crippen LogP contribution in [-0.4, -0.2) is 33.7 Å². The standard InChI is InChI=1S/C19H26N4O4S/c1-6-14-15(26-13(2)21-14)16(24)22-17-23(11-12-28-17)10-8-7-9-20-18(25)27-19(3,4)5/h7-8,11-12H,6,9-10H2,1-5H3,(H,20,25)/b8-7+,22-17?. The number of carbonyl (C=O) groups excluding carboxylic acids is 2. The van der Waals surface area contributed by atoms with E-state index < -0.39 is 17.6 Å². The Morgan fingerprint density at radius 2 is 2.14 bits per heavy atom. The van der Waals surface area contributed by atoms with Crippen LogP contribution in [0.25, 0.3) is 0 Å². The van der Waals surface area contributed by atoms with Crippen LogP contribution in [0.3, 0.4) is 0 Å². The van der Waals surface area contributed by atoms with E-state index in [1.165, 1.54) is 11.3 Å². The molecule has 0 bridgehead atoms. The van der Waals surface area contributed by atoms with Gasteiger partial charge in [0, 0.05) is 31.6 Å². The molecule has 0 radical (unpaired) electrons. The SMILES string of the molecule is CCc1nc(C)oc1C(=O)N=c1sccn1C/C=C/CNC(=O)OC(C)(C)C. The van der Waals surface area contributed by atoms with Crippen LogP contribution < -0.4 is 10.1 Å². The molecule has 0 saturated heterocycles. The summed E-state index contributed by atoms with van der Waals surface area (Å²) < 4.78 is 12.4. The second-order valence-electron chi connectivity index (χ2n) is 6.97. The summed E-state index contributed by atoms with van der Waals surface area (Å²) in [6.45, 7) is 9.92. The summed E-state index contributed by atoms with van der Waals surface area (Å²) in [4.78, 5) is 32.9. The number of nitrogens with one attached hydrogen (secondary N) is 1. The highest BCUT2D eigenvalue weighted by Crippen LogP contribution is 2.12. The van der Waals surface area contributed by atoms with Crippen LogP contribution in [0.15, 0.2) is 33.1 Å². The van der Waals surface area contributed by atoms with Gasteiger partial charge in [-0.2, -0.15) is 4.99 Å². The van der Waals surface area contributed by atoms with Crippen LogP contribution in [0, 0.1) is 6.92 Å². The fraction of sp³-hybridized carbons (Fsp3) is 0.474. The lowest BCUT2D eigenvalue weighted by Gasteiger charge is -2.19. The van der Waals surface area contributed by atoms with Crippen LogP contribution in [0.2, 0.25) is 0 Å². The zero-order valence-corrected chi connectivity index (χ0v) is 17.6. The molecule has 8 nitrogen and oxygen atoms in total. The highest BCUT2D eigenvalue weighted by Gasteiger charge is 2.17. The first kappa shape index (κ1) is 21.6. The lowest BCUT2D eigenvalue weighted by molar-refractivity contribution is 0.0534. The molecule has 0 aromatic carbocycles. The number of thiazole rings is 1. The van der Waals surface area contributed by atoms with Crippen LogP contribution in [0.1, 0.15) is 49.8 Å². The molecule has 0 aliphatic heterocycles. The van der Waals surface area contributed by atoms with Gasteiger partial charge < -0.3 is 19.0 Å². The molecular formula is C19H26N4O4S. The topological polar surface area (TPSA) is 98.7 Å². The maximum atomic E-state index is 12.4. The molecule has 0 spiro atoms. The van der Waals surface area contributed by atoms with Gasteiger partial charge in [0.15, 0.2) is 10.7 Å². The maximum Gasteiger partial charge on any atom is 0.407 e. The third-order valence-electron chi connectivity index (χ3n) is 3.42. The Balaban J connectivity index is 1.97. The van der Waals surface area contributed by atoms with E-state index in [4.69, 9.17) is 9.15 Å². The van der Waals surface area contributed by atoms with Crippen LogP contribution >= 0.6 is 11.3 Å². The number of hydrogen-bond donors (Lipinski definition) is 1. The molecule has 0 saturated carbocycles. The molecule has 2 rings (SSSR count). The van der Waals surface area contributed by atoms with Gasteiger partial charge >= 0.3 is 12.0 Å². The second kappa shape index (κ2) is 9.50. The number of aromatic nitrogens is 2. The first-order chi connectivity index (χ1) is 13.2. The predicted octanol–water partition coefficient (Wildman–Crippen LogP) is 3.23.